The lowest BCUT2D eigenvalue weighted by molar-refractivity contribution is -0.122. The minimum atomic E-state index is -1.12. The number of nitrogens with one attached hydrogen (secondary N) is 1. The first kappa shape index (κ1) is 13.7. The summed E-state index contributed by atoms with van der Waals surface area (Å²) in [4.78, 5) is 23.2. The number of rotatable bonds is 4. The minimum absolute atomic E-state index is 0.224. The molecule has 0 saturated carbocycles. The Morgan fingerprint density at radius 3 is 2.56 bits per heavy atom. The van der Waals surface area contributed by atoms with Gasteiger partial charge in [-0.1, -0.05) is 19.1 Å². The van der Waals surface area contributed by atoms with Crippen LogP contribution in [0.4, 0.5) is 5.69 Å². The Kier molecular flexibility index (Phi) is 4.05. The van der Waals surface area contributed by atoms with Gasteiger partial charge >= 0.3 is 0 Å². The van der Waals surface area contributed by atoms with E-state index in [1.807, 2.05) is 6.07 Å². The second-order valence-electron chi connectivity index (χ2n) is 4.16. The SMILES string of the molecule is CCC(C)(C#N)C(=O)Nc1ccccc1C(N)=O. The van der Waals surface area contributed by atoms with Crippen molar-refractivity contribution in [2.75, 3.05) is 5.32 Å². The molecule has 5 nitrogen and oxygen atoms in total. The van der Waals surface area contributed by atoms with Gasteiger partial charge < -0.3 is 11.1 Å². The Morgan fingerprint density at radius 1 is 1.44 bits per heavy atom. The maximum absolute atomic E-state index is 12.0. The average molecular weight is 245 g/mol. The quantitative estimate of drug-likeness (QED) is 0.844. The molecule has 0 aliphatic carbocycles. The number of anilines is 1. The van der Waals surface area contributed by atoms with Gasteiger partial charge in [-0.05, 0) is 25.5 Å². The number of para-hydroxylation sites is 1. The Morgan fingerprint density at radius 2 is 2.06 bits per heavy atom. The van der Waals surface area contributed by atoms with E-state index in [9.17, 15) is 9.59 Å². The number of carbonyl (C=O) groups excluding carboxylic acids is 2. The predicted molar refractivity (Wildman–Crippen MR) is 67.6 cm³/mol. The standard InChI is InChI=1S/C13H15N3O2/c1-3-13(2,8-14)12(18)16-10-7-5-4-6-9(10)11(15)17/h4-7H,3H2,1-2H3,(H2,15,17)(H,16,18). The zero-order valence-electron chi connectivity index (χ0n) is 10.4. The maximum Gasteiger partial charge on any atom is 0.250 e. The molecule has 0 spiro atoms. The summed E-state index contributed by atoms with van der Waals surface area (Å²) in [5.74, 6) is -1.07. The van der Waals surface area contributed by atoms with Crippen molar-refractivity contribution in [2.45, 2.75) is 20.3 Å². The molecule has 1 aromatic rings. The summed E-state index contributed by atoms with van der Waals surface area (Å²) in [5, 5.41) is 11.6. The molecule has 0 aliphatic rings. The largest absolute Gasteiger partial charge is 0.366 e. The summed E-state index contributed by atoms with van der Waals surface area (Å²) in [6.07, 6.45) is 0.383. The third-order valence-corrected chi connectivity index (χ3v) is 2.90. The van der Waals surface area contributed by atoms with E-state index in [1.54, 1.807) is 32.0 Å². The van der Waals surface area contributed by atoms with Gasteiger partial charge in [-0.15, -0.1) is 0 Å². The van der Waals surface area contributed by atoms with Gasteiger partial charge in [-0.25, -0.2) is 0 Å². The molecule has 0 fully saturated rings. The van der Waals surface area contributed by atoms with E-state index in [0.29, 0.717) is 12.1 Å². The molecule has 0 radical (unpaired) electrons. The predicted octanol–water partition coefficient (Wildman–Crippen LogP) is 1.66. The maximum atomic E-state index is 12.0. The second-order valence-corrected chi connectivity index (χ2v) is 4.16. The monoisotopic (exact) mass is 245 g/mol. The summed E-state index contributed by atoms with van der Waals surface area (Å²) in [5.41, 5.74) is 4.64. The fourth-order valence-corrected chi connectivity index (χ4v) is 1.36. The molecule has 1 unspecified atom stereocenters. The van der Waals surface area contributed by atoms with Crippen LogP contribution < -0.4 is 11.1 Å². The van der Waals surface area contributed by atoms with E-state index in [0.717, 1.165) is 0 Å². The Labute approximate surface area is 106 Å². The highest BCUT2D eigenvalue weighted by Crippen LogP contribution is 2.23. The second kappa shape index (κ2) is 5.32. The molecule has 2 amide bonds. The van der Waals surface area contributed by atoms with Crippen molar-refractivity contribution in [3.05, 3.63) is 29.8 Å². The zero-order chi connectivity index (χ0) is 13.8. The highest BCUT2D eigenvalue weighted by atomic mass is 16.2. The summed E-state index contributed by atoms with van der Waals surface area (Å²) >= 11 is 0. The van der Waals surface area contributed by atoms with Crippen molar-refractivity contribution in [2.24, 2.45) is 11.1 Å². The first-order valence-electron chi connectivity index (χ1n) is 5.56. The van der Waals surface area contributed by atoms with Crippen LogP contribution >= 0.6 is 0 Å². The van der Waals surface area contributed by atoms with Crippen LogP contribution in [0.2, 0.25) is 0 Å². The lowest BCUT2D eigenvalue weighted by atomic mass is 9.88. The molecule has 0 bridgehead atoms. The number of hydrogen-bond donors (Lipinski definition) is 2. The first-order valence-corrected chi connectivity index (χ1v) is 5.56. The van der Waals surface area contributed by atoms with Crippen molar-refractivity contribution >= 4 is 17.5 Å². The topological polar surface area (TPSA) is 96.0 Å². The van der Waals surface area contributed by atoms with Gasteiger partial charge in [-0.2, -0.15) is 5.26 Å². The van der Waals surface area contributed by atoms with Crippen LogP contribution in [0.25, 0.3) is 0 Å². The molecule has 0 aromatic heterocycles. The number of nitriles is 1. The average Bonchev–Trinajstić information content (AvgIpc) is 2.38. The van der Waals surface area contributed by atoms with Crippen LogP contribution in [-0.4, -0.2) is 11.8 Å². The Balaban J connectivity index is 3.03. The zero-order valence-corrected chi connectivity index (χ0v) is 10.4. The highest BCUT2D eigenvalue weighted by molar-refractivity contribution is 6.04. The normalized spacial score (nSPS) is 13.2. The highest BCUT2D eigenvalue weighted by Gasteiger charge is 2.31. The molecule has 1 rings (SSSR count). The molecule has 5 heteroatoms. The molecule has 1 atom stereocenters. The fourth-order valence-electron chi connectivity index (χ4n) is 1.36. The van der Waals surface area contributed by atoms with Gasteiger partial charge in [0.1, 0.15) is 5.41 Å². The number of carbonyl (C=O) groups is 2. The van der Waals surface area contributed by atoms with Crippen LogP contribution in [0, 0.1) is 16.7 Å². The van der Waals surface area contributed by atoms with Crippen molar-refractivity contribution in [3.63, 3.8) is 0 Å². The molecular formula is C13H15N3O2. The van der Waals surface area contributed by atoms with Crippen LogP contribution in [0.5, 0.6) is 0 Å². The molecule has 18 heavy (non-hydrogen) atoms. The lowest BCUT2D eigenvalue weighted by Gasteiger charge is -2.19. The van der Waals surface area contributed by atoms with Gasteiger partial charge in [-0.3, -0.25) is 9.59 Å². The van der Waals surface area contributed by atoms with Gasteiger partial charge in [0.05, 0.1) is 17.3 Å². The number of hydrogen-bond acceptors (Lipinski definition) is 3. The summed E-state index contributed by atoms with van der Waals surface area (Å²) < 4.78 is 0. The molecular weight excluding hydrogens is 230 g/mol. The molecule has 94 valence electrons. The number of primary amides is 1. The van der Waals surface area contributed by atoms with Crippen molar-refractivity contribution in [3.8, 4) is 6.07 Å². The first-order chi connectivity index (χ1) is 8.44. The van der Waals surface area contributed by atoms with E-state index in [1.165, 1.54) is 6.07 Å². The van der Waals surface area contributed by atoms with Gasteiger partial charge in [0.25, 0.3) is 5.91 Å². The number of benzene rings is 1. The van der Waals surface area contributed by atoms with E-state index < -0.39 is 17.2 Å². The van der Waals surface area contributed by atoms with Gasteiger partial charge in [0.2, 0.25) is 5.91 Å². The number of amides is 2. The van der Waals surface area contributed by atoms with Crippen LogP contribution in [0.15, 0.2) is 24.3 Å². The minimum Gasteiger partial charge on any atom is -0.366 e. The van der Waals surface area contributed by atoms with Crippen LogP contribution in [0.1, 0.15) is 30.6 Å². The third-order valence-electron chi connectivity index (χ3n) is 2.90. The van der Waals surface area contributed by atoms with Gasteiger partial charge in [0, 0.05) is 0 Å². The van der Waals surface area contributed by atoms with E-state index >= 15 is 0 Å². The summed E-state index contributed by atoms with van der Waals surface area (Å²) in [6, 6.07) is 8.40. The molecule has 0 aliphatic heterocycles. The summed E-state index contributed by atoms with van der Waals surface area (Å²) in [7, 11) is 0. The molecule has 0 saturated heterocycles. The van der Waals surface area contributed by atoms with Crippen LogP contribution in [-0.2, 0) is 4.79 Å². The summed E-state index contributed by atoms with van der Waals surface area (Å²) in [6.45, 7) is 3.30. The lowest BCUT2D eigenvalue weighted by Crippen LogP contribution is -2.32. The molecule has 3 N–H and O–H groups in total. The smallest absolute Gasteiger partial charge is 0.250 e. The van der Waals surface area contributed by atoms with Gasteiger partial charge in [0.15, 0.2) is 0 Å². The molecule has 1 aromatic carbocycles. The number of nitrogens with zero attached hydrogens (tertiary/aromatic N) is 1. The van der Waals surface area contributed by atoms with Crippen molar-refractivity contribution in [1.82, 2.24) is 0 Å². The number of nitrogens with two attached hydrogens (primary N) is 1. The van der Waals surface area contributed by atoms with E-state index in [4.69, 9.17) is 11.0 Å². The third kappa shape index (κ3) is 2.66. The van der Waals surface area contributed by atoms with Crippen molar-refractivity contribution < 1.29 is 9.59 Å². The Hall–Kier alpha value is -2.35. The van der Waals surface area contributed by atoms with Crippen molar-refractivity contribution in [1.29, 1.82) is 5.26 Å². The van der Waals surface area contributed by atoms with E-state index in [-0.39, 0.29) is 5.56 Å². The molecule has 0 heterocycles. The fraction of sp³-hybridized carbons (Fsp3) is 0.308. The van der Waals surface area contributed by atoms with Crippen LogP contribution in [0.3, 0.4) is 0 Å². The Bertz CT molecular complexity index is 519. The van der Waals surface area contributed by atoms with E-state index in [2.05, 4.69) is 5.32 Å².